The molecule has 1 saturated carbocycles. The lowest BCUT2D eigenvalue weighted by Crippen LogP contribution is -2.25. The summed E-state index contributed by atoms with van der Waals surface area (Å²) < 4.78 is 77.7. The van der Waals surface area contributed by atoms with Crippen LogP contribution in [0.15, 0.2) is 36.8 Å². The van der Waals surface area contributed by atoms with Crippen molar-refractivity contribution in [3.05, 3.63) is 42.6 Å². The number of anilines is 4. The summed E-state index contributed by atoms with van der Waals surface area (Å²) in [7, 11) is -0.543. The van der Waals surface area contributed by atoms with Crippen LogP contribution in [-0.4, -0.2) is 64.5 Å². The topological polar surface area (TPSA) is 136 Å². The summed E-state index contributed by atoms with van der Waals surface area (Å²) >= 11 is 0. The third-order valence-corrected chi connectivity index (χ3v) is 9.02. The Balaban J connectivity index is 1.51. The number of nitrogens with zero attached hydrogens (tertiary/aromatic N) is 6. The average molecular weight is 633 g/mol. The van der Waals surface area contributed by atoms with Crippen molar-refractivity contribution in [1.29, 1.82) is 0 Å². The van der Waals surface area contributed by atoms with E-state index in [0.29, 0.717) is 24.3 Å². The number of fused-ring (bicyclic) bond motifs is 1. The number of amides is 1. The molecule has 0 spiro atoms. The molecule has 2 aliphatic rings. The first-order chi connectivity index (χ1) is 20.9. The number of nitrogens with one attached hydrogen (secondary N) is 2. The lowest BCUT2D eigenvalue weighted by molar-refractivity contribution is -0.117. The number of halogens is 3. The lowest BCUT2D eigenvalue weighted by atomic mass is 10.1. The molecule has 12 nitrogen and oxygen atoms in total. The fraction of sp³-hybridized carbons (Fsp3) is 0.429. The van der Waals surface area contributed by atoms with E-state index >= 15 is 0 Å². The Morgan fingerprint density at radius 3 is 2.57 bits per heavy atom. The highest BCUT2D eigenvalue weighted by Crippen LogP contribution is 2.40. The van der Waals surface area contributed by atoms with Gasteiger partial charge in [-0.25, -0.2) is 36.5 Å². The Morgan fingerprint density at radius 2 is 1.95 bits per heavy atom. The summed E-state index contributed by atoms with van der Waals surface area (Å²) in [6.45, 7) is 0.373. The van der Waals surface area contributed by atoms with E-state index in [1.54, 1.807) is 42.3 Å². The number of carbonyl (C=O) groups excluding carboxylic acids is 1. The minimum absolute atomic E-state index is 0.00796. The molecule has 234 valence electrons. The van der Waals surface area contributed by atoms with Gasteiger partial charge in [-0.05, 0) is 37.8 Å². The third kappa shape index (κ3) is 5.70. The van der Waals surface area contributed by atoms with Crippen LogP contribution in [0.1, 0.15) is 44.2 Å². The molecule has 3 atom stereocenters. The van der Waals surface area contributed by atoms with E-state index in [9.17, 15) is 26.4 Å². The van der Waals surface area contributed by atoms with Crippen molar-refractivity contribution in [2.75, 3.05) is 34.8 Å². The summed E-state index contributed by atoms with van der Waals surface area (Å²) in [5.74, 6) is -1.97. The number of alkyl halides is 3. The largest absolute Gasteiger partial charge is 0.358 e. The molecule has 1 saturated heterocycles. The minimum atomic E-state index is -3.74. The normalized spacial score (nSPS) is 20.2. The highest BCUT2D eigenvalue weighted by molar-refractivity contribution is 7.92. The van der Waals surface area contributed by atoms with E-state index in [2.05, 4.69) is 25.6 Å². The Labute approximate surface area is 251 Å². The monoisotopic (exact) mass is 632 g/mol. The Bertz CT molecular complexity index is 1840. The van der Waals surface area contributed by atoms with Gasteiger partial charge in [0.15, 0.2) is 11.5 Å². The number of aryl methyl sites for hydroxylation is 1. The van der Waals surface area contributed by atoms with Gasteiger partial charge in [-0.3, -0.25) is 13.7 Å². The zero-order valence-electron chi connectivity index (χ0n) is 24.2. The number of imidazole rings is 2. The first-order valence-electron chi connectivity index (χ1n) is 14.0. The lowest BCUT2D eigenvalue weighted by Gasteiger charge is -2.25. The van der Waals surface area contributed by atoms with E-state index in [-0.39, 0.29) is 34.8 Å². The summed E-state index contributed by atoms with van der Waals surface area (Å²) in [6, 6.07) is 6.48. The Morgan fingerprint density at radius 1 is 1.18 bits per heavy atom. The smallest absolute Gasteiger partial charge is 0.295 e. The van der Waals surface area contributed by atoms with E-state index in [0.717, 1.165) is 29.1 Å². The molecule has 1 aromatic carbocycles. The number of aromatic nitrogens is 5. The van der Waals surface area contributed by atoms with Gasteiger partial charge in [-0.2, -0.15) is 0 Å². The van der Waals surface area contributed by atoms with Crippen LogP contribution in [-0.2, 0) is 26.6 Å². The molecule has 1 unspecified atom stereocenters. The molecular formula is C28H31F3N8O4S. The molecule has 4 aromatic rings. The number of pyridine rings is 1. The number of rotatable bonds is 9. The van der Waals surface area contributed by atoms with Crippen molar-refractivity contribution in [2.24, 2.45) is 13.0 Å². The number of hydrogen-bond donors (Lipinski definition) is 2. The molecule has 44 heavy (non-hydrogen) atoms. The van der Waals surface area contributed by atoms with Crippen LogP contribution in [0.2, 0.25) is 0 Å². The molecule has 6 rings (SSSR count). The molecule has 4 heterocycles. The van der Waals surface area contributed by atoms with Crippen LogP contribution in [0.5, 0.6) is 0 Å². The minimum Gasteiger partial charge on any atom is -0.358 e. The average Bonchev–Trinajstić information content (AvgIpc) is 3.37. The second kappa shape index (κ2) is 11.4. The van der Waals surface area contributed by atoms with Crippen molar-refractivity contribution in [2.45, 2.75) is 44.5 Å². The summed E-state index contributed by atoms with van der Waals surface area (Å²) in [4.78, 5) is 25.5. The van der Waals surface area contributed by atoms with Crippen molar-refractivity contribution in [3.8, 4) is 11.3 Å². The predicted octanol–water partition coefficient (Wildman–Crippen LogP) is 4.90. The van der Waals surface area contributed by atoms with Gasteiger partial charge in [0, 0.05) is 32.3 Å². The first kappa shape index (κ1) is 29.9. The maximum Gasteiger partial charge on any atom is 0.295 e. The van der Waals surface area contributed by atoms with Crippen molar-refractivity contribution < 1.29 is 31.1 Å². The van der Waals surface area contributed by atoms with Crippen LogP contribution in [0.4, 0.5) is 36.1 Å². The molecule has 0 radical (unpaired) electrons. The van der Waals surface area contributed by atoms with Gasteiger partial charge in [0.2, 0.25) is 15.9 Å². The summed E-state index contributed by atoms with van der Waals surface area (Å²) in [5.41, 5.74) is 2.24. The molecule has 2 N–H and O–H groups in total. The molecular weight excluding hydrogens is 601 g/mol. The Hall–Kier alpha value is -4.18. The first-order valence-corrected chi connectivity index (χ1v) is 15.9. The number of carbonyl (C=O) groups is 1. The molecule has 3 aromatic heterocycles. The van der Waals surface area contributed by atoms with Crippen LogP contribution in [0, 0.1) is 5.92 Å². The number of sulfonamides is 1. The van der Waals surface area contributed by atoms with Gasteiger partial charge in [0.1, 0.15) is 23.7 Å². The fourth-order valence-corrected chi connectivity index (χ4v) is 5.78. The van der Waals surface area contributed by atoms with Gasteiger partial charge in [0.25, 0.3) is 6.43 Å². The molecule has 1 aliphatic heterocycles. The van der Waals surface area contributed by atoms with Crippen LogP contribution in [0.3, 0.4) is 0 Å². The second-order valence-electron chi connectivity index (χ2n) is 11.0. The maximum absolute atomic E-state index is 14.4. The maximum atomic E-state index is 14.4. The summed E-state index contributed by atoms with van der Waals surface area (Å²) in [5, 5.41) is 5.75. The quantitative estimate of drug-likeness (QED) is 0.266. The van der Waals surface area contributed by atoms with Gasteiger partial charge in [-0.15, -0.1) is 0 Å². The number of hydrogen-bond acceptors (Lipinski definition) is 8. The van der Waals surface area contributed by atoms with Gasteiger partial charge in [-0.1, -0.05) is 6.07 Å². The van der Waals surface area contributed by atoms with Crippen LogP contribution in [0.25, 0.3) is 22.4 Å². The van der Waals surface area contributed by atoms with Gasteiger partial charge in [0.05, 0.1) is 47.5 Å². The SMILES string of the molecule is CN(c1cc(-c2cncn2C)ccc1Nc1cc(NC(=O)[C@@H]2C[C@@H]2F)nc2c1nc(C(F)F)n2C1CCCCO1)S(C)(=O)=O. The van der Waals surface area contributed by atoms with Crippen LogP contribution >= 0.6 is 0 Å². The van der Waals surface area contributed by atoms with Crippen molar-refractivity contribution >= 4 is 50.0 Å². The number of ether oxygens (including phenoxy) is 1. The zero-order valence-corrected chi connectivity index (χ0v) is 25.0. The molecule has 1 aliphatic carbocycles. The predicted molar refractivity (Wildman–Crippen MR) is 158 cm³/mol. The number of benzene rings is 1. The van der Waals surface area contributed by atoms with E-state index in [1.807, 2.05) is 0 Å². The van der Waals surface area contributed by atoms with Crippen LogP contribution < -0.4 is 14.9 Å². The fourth-order valence-electron chi connectivity index (χ4n) is 5.28. The van der Waals surface area contributed by atoms with E-state index < -0.39 is 46.5 Å². The Kier molecular flexibility index (Phi) is 7.73. The third-order valence-electron chi connectivity index (χ3n) is 7.83. The highest BCUT2D eigenvalue weighted by atomic mass is 32.2. The highest BCUT2D eigenvalue weighted by Gasteiger charge is 2.44. The van der Waals surface area contributed by atoms with E-state index in [4.69, 9.17) is 4.74 Å². The second-order valence-corrected chi connectivity index (χ2v) is 13.0. The van der Waals surface area contributed by atoms with Gasteiger partial charge < -0.3 is 19.9 Å². The van der Waals surface area contributed by atoms with Crippen molar-refractivity contribution in [1.82, 2.24) is 24.1 Å². The summed E-state index contributed by atoms with van der Waals surface area (Å²) in [6.07, 6.45) is 1.41. The molecule has 16 heteroatoms. The van der Waals surface area contributed by atoms with Gasteiger partial charge >= 0.3 is 0 Å². The van der Waals surface area contributed by atoms with Crippen molar-refractivity contribution in [3.63, 3.8) is 0 Å². The molecule has 0 bridgehead atoms. The molecule has 2 fully saturated rings. The zero-order chi connectivity index (χ0) is 31.3. The standard InChI is InChI=1S/C28H31F3N8O4S/c1-37-14-32-13-21(37)15-7-8-18(20(10-15)38(2)44(3,41)42)33-19-12-22(35-28(40)16-11-17(16)29)34-26-24(19)36-27(25(30)31)39(26)23-6-4-5-9-43-23/h7-8,10,12-14,16-17,23,25H,4-6,9,11H2,1-3H3,(H2,33,34,35,40)/t16-,17+,23?/m1/s1. The molecule has 1 amide bonds. The van der Waals surface area contributed by atoms with E-state index in [1.165, 1.54) is 17.7 Å².